The van der Waals surface area contributed by atoms with Gasteiger partial charge in [-0.05, 0) is 95.1 Å². The molecular weight excluding hydrogens is 687 g/mol. The van der Waals surface area contributed by atoms with Gasteiger partial charge in [0, 0.05) is 50.0 Å². The Hall–Kier alpha value is -7.63. The van der Waals surface area contributed by atoms with Gasteiger partial charge in [0.15, 0.2) is 5.82 Å². The average Bonchev–Trinajstić information content (AvgIpc) is 3.84. The van der Waals surface area contributed by atoms with Crippen molar-refractivity contribution in [3.63, 3.8) is 0 Å². The highest BCUT2D eigenvalue weighted by molar-refractivity contribution is 6.07. The first kappa shape index (κ1) is 31.9. The molecule has 0 atom stereocenters. The molecule has 4 aromatic heterocycles. The Morgan fingerprint density at radius 1 is 0.286 bits per heavy atom. The molecule has 11 rings (SSSR count). The summed E-state index contributed by atoms with van der Waals surface area (Å²) < 4.78 is 12.4. The standard InChI is InChI=1S/C51H31N3O2/c1-2-10-32(11-3-1)45-31-46(54-51(53-45)34-19-17-33(18-20-34)44-14-8-9-25-52-44)39-27-37(35-21-23-49-42(29-35)40-12-4-6-15-47(40)55-49)26-38(28-39)36-22-24-50-43(30-36)41-13-5-7-16-48(41)56-50/h1-31H. The summed E-state index contributed by atoms with van der Waals surface area (Å²) in [5.41, 5.74) is 14.4. The number of hydrogen-bond donors (Lipinski definition) is 0. The van der Waals surface area contributed by atoms with Gasteiger partial charge >= 0.3 is 0 Å². The number of para-hydroxylation sites is 2. The van der Waals surface area contributed by atoms with Crippen molar-refractivity contribution < 1.29 is 8.83 Å². The molecule has 7 aromatic carbocycles. The lowest BCUT2D eigenvalue weighted by molar-refractivity contribution is 0.668. The lowest BCUT2D eigenvalue weighted by Crippen LogP contribution is -1.97. The summed E-state index contributed by atoms with van der Waals surface area (Å²) >= 11 is 0. The van der Waals surface area contributed by atoms with Crippen molar-refractivity contribution in [2.75, 3.05) is 0 Å². The van der Waals surface area contributed by atoms with Gasteiger partial charge in [-0.3, -0.25) is 4.98 Å². The zero-order valence-corrected chi connectivity index (χ0v) is 30.1. The minimum atomic E-state index is 0.651. The Balaban J connectivity index is 1.11. The van der Waals surface area contributed by atoms with Crippen molar-refractivity contribution >= 4 is 43.9 Å². The number of pyridine rings is 1. The van der Waals surface area contributed by atoms with Crippen LogP contribution in [0.3, 0.4) is 0 Å². The molecule has 5 heteroatoms. The van der Waals surface area contributed by atoms with E-state index in [9.17, 15) is 0 Å². The Kier molecular flexibility index (Phi) is 7.42. The van der Waals surface area contributed by atoms with E-state index < -0.39 is 0 Å². The molecule has 0 unspecified atom stereocenters. The van der Waals surface area contributed by atoms with E-state index in [1.54, 1.807) is 0 Å². The van der Waals surface area contributed by atoms with Crippen molar-refractivity contribution in [1.29, 1.82) is 0 Å². The molecule has 5 nitrogen and oxygen atoms in total. The highest BCUT2D eigenvalue weighted by Gasteiger charge is 2.16. The monoisotopic (exact) mass is 717 g/mol. The quantitative estimate of drug-likeness (QED) is 0.171. The van der Waals surface area contributed by atoms with Gasteiger partial charge in [0.2, 0.25) is 0 Å². The second kappa shape index (κ2) is 13.0. The molecule has 0 aliphatic heterocycles. The molecular formula is C51H31N3O2. The van der Waals surface area contributed by atoms with Gasteiger partial charge in [0.1, 0.15) is 22.3 Å². The van der Waals surface area contributed by atoms with E-state index in [-0.39, 0.29) is 0 Å². The summed E-state index contributed by atoms with van der Waals surface area (Å²) in [7, 11) is 0. The van der Waals surface area contributed by atoms with E-state index in [1.807, 2.05) is 66.9 Å². The highest BCUT2D eigenvalue weighted by atomic mass is 16.3. The maximum absolute atomic E-state index is 6.21. The highest BCUT2D eigenvalue weighted by Crippen LogP contribution is 2.39. The fourth-order valence-electron chi connectivity index (χ4n) is 7.72. The van der Waals surface area contributed by atoms with Crippen LogP contribution in [0.1, 0.15) is 0 Å². The average molecular weight is 718 g/mol. The fourth-order valence-corrected chi connectivity index (χ4v) is 7.72. The maximum atomic E-state index is 6.21. The fraction of sp³-hybridized carbons (Fsp3) is 0. The number of nitrogens with zero attached hydrogens (tertiary/aromatic N) is 3. The number of hydrogen-bond acceptors (Lipinski definition) is 5. The van der Waals surface area contributed by atoms with Crippen LogP contribution in [0.25, 0.3) is 111 Å². The number of benzene rings is 7. The summed E-state index contributed by atoms with van der Waals surface area (Å²) in [6.45, 7) is 0. The van der Waals surface area contributed by atoms with Gasteiger partial charge < -0.3 is 8.83 Å². The van der Waals surface area contributed by atoms with Crippen LogP contribution in [-0.2, 0) is 0 Å². The van der Waals surface area contributed by atoms with Crippen molar-refractivity contribution in [3.05, 3.63) is 188 Å². The molecule has 262 valence electrons. The molecule has 0 N–H and O–H groups in total. The first-order valence-corrected chi connectivity index (χ1v) is 18.7. The van der Waals surface area contributed by atoms with Gasteiger partial charge in [-0.25, -0.2) is 9.97 Å². The van der Waals surface area contributed by atoms with Gasteiger partial charge in [-0.2, -0.15) is 0 Å². The molecule has 0 radical (unpaired) electrons. The third-order valence-electron chi connectivity index (χ3n) is 10.5. The van der Waals surface area contributed by atoms with Gasteiger partial charge in [-0.1, -0.05) is 109 Å². The van der Waals surface area contributed by atoms with E-state index in [4.69, 9.17) is 18.8 Å². The molecule has 56 heavy (non-hydrogen) atoms. The van der Waals surface area contributed by atoms with Crippen molar-refractivity contribution in [3.8, 4) is 67.4 Å². The summed E-state index contributed by atoms with van der Waals surface area (Å²) in [6, 6.07) is 62.7. The predicted molar refractivity (Wildman–Crippen MR) is 227 cm³/mol. The summed E-state index contributed by atoms with van der Waals surface area (Å²) in [6.07, 6.45) is 1.81. The third kappa shape index (κ3) is 5.62. The first-order chi connectivity index (χ1) is 27.7. The first-order valence-electron chi connectivity index (χ1n) is 18.7. The zero-order valence-electron chi connectivity index (χ0n) is 30.1. The van der Waals surface area contributed by atoms with E-state index in [2.05, 4.69) is 126 Å². The van der Waals surface area contributed by atoms with Crippen LogP contribution in [0.15, 0.2) is 197 Å². The summed E-state index contributed by atoms with van der Waals surface area (Å²) in [5, 5.41) is 4.36. The van der Waals surface area contributed by atoms with Gasteiger partial charge in [-0.15, -0.1) is 0 Å². The predicted octanol–water partition coefficient (Wildman–Crippen LogP) is 13.7. The Bertz CT molecular complexity index is 3110. The number of furan rings is 2. The van der Waals surface area contributed by atoms with Gasteiger partial charge in [0.25, 0.3) is 0 Å². The normalized spacial score (nSPS) is 11.6. The van der Waals surface area contributed by atoms with Crippen LogP contribution < -0.4 is 0 Å². The van der Waals surface area contributed by atoms with E-state index in [0.717, 1.165) is 105 Å². The van der Waals surface area contributed by atoms with Gasteiger partial charge in [0.05, 0.1) is 17.1 Å². The van der Waals surface area contributed by atoms with Crippen molar-refractivity contribution in [1.82, 2.24) is 15.0 Å². The Morgan fingerprint density at radius 2 is 0.768 bits per heavy atom. The minimum absolute atomic E-state index is 0.651. The summed E-state index contributed by atoms with van der Waals surface area (Å²) in [4.78, 5) is 15.0. The molecule has 4 heterocycles. The topological polar surface area (TPSA) is 65.0 Å². The Morgan fingerprint density at radius 3 is 1.38 bits per heavy atom. The summed E-state index contributed by atoms with van der Waals surface area (Å²) in [5.74, 6) is 0.651. The van der Waals surface area contributed by atoms with Crippen molar-refractivity contribution in [2.24, 2.45) is 0 Å². The third-order valence-corrected chi connectivity index (χ3v) is 10.5. The van der Waals surface area contributed by atoms with E-state index >= 15 is 0 Å². The van der Waals surface area contributed by atoms with Crippen LogP contribution in [0, 0.1) is 0 Å². The Labute approximate surface area is 322 Å². The molecule has 0 saturated carbocycles. The van der Waals surface area contributed by atoms with Crippen LogP contribution in [0.2, 0.25) is 0 Å². The zero-order chi connectivity index (χ0) is 37.0. The molecule has 0 aliphatic rings. The lowest BCUT2D eigenvalue weighted by atomic mass is 9.93. The van der Waals surface area contributed by atoms with Crippen molar-refractivity contribution in [2.45, 2.75) is 0 Å². The maximum Gasteiger partial charge on any atom is 0.160 e. The molecule has 0 amide bonds. The number of rotatable bonds is 6. The largest absolute Gasteiger partial charge is 0.456 e. The van der Waals surface area contributed by atoms with E-state index in [0.29, 0.717) is 5.82 Å². The molecule has 0 spiro atoms. The van der Waals surface area contributed by atoms with Crippen LogP contribution in [0.4, 0.5) is 0 Å². The second-order valence-corrected chi connectivity index (χ2v) is 14.0. The SMILES string of the molecule is c1ccc(-c2cc(-c3cc(-c4ccc5oc6ccccc6c5c4)cc(-c4ccc5oc6ccccc6c5c4)c3)nc(-c3ccc(-c4ccccn4)cc3)n2)cc1. The number of aromatic nitrogens is 3. The smallest absolute Gasteiger partial charge is 0.160 e. The molecule has 0 aliphatic carbocycles. The van der Waals surface area contributed by atoms with Crippen LogP contribution in [0.5, 0.6) is 0 Å². The minimum Gasteiger partial charge on any atom is -0.456 e. The molecule has 11 aromatic rings. The van der Waals surface area contributed by atoms with Crippen LogP contribution >= 0.6 is 0 Å². The second-order valence-electron chi connectivity index (χ2n) is 14.0. The molecule has 0 bridgehead atoms. The number of fused-ring (bicyclic) bond motifs is 6. The molecule has 0 saturated heterocycles. The lowest BCUT2D eigenvalue weighted by Gasteiger charge is -2.13. The van der Waals surface area contributed by atoms with Crippen LogP contribution in [-0.4, -0.2) is 15.0 Å². The molecule has 0 fully saturated rings. The van der Waals surface area contributed by atoms with E-state index in [1.165, 1.54) is 0 Å².